The molecule has 0 fully saturated rings. The van der Waals surface area contributed by atoms with Crippen LogP contribution in [-0.4, -0.2) is 36.1 Å². The highest BCUT2D eigenvalue weighted by Gasteiger charge is 2.36. The number of nitrogens with zero attached hydrogens (tertiary/aromatic N) is 5. The van der Waals surface area contributed by atoms with Gasteiger partial charge in [-0.25, -0.2) is 19.9 Å². The summed E-state index contributed by atoms with van der Waals surface area (Å²) in [7, 11) is 0. The largest absolute Gasteiger partial charge is 0.287 e. The molecule has 0 aliphatic heterocycles. The molecule has 2 aromatic carbocycles. The number of fused-ring (bicyclic) bond motifs is 2. The maximum atomic E-state index is 12.8. The molecule has 0 saturated carbocycles. The van der Waals surface area contributed by atoms with Crippen LogP contribution in [0.25, 0.3) is 32.8 Å². The van der Waals surface area contributed by atoms with Crippen LogP contribution in [0.1, 0.15) is 26.8 Å². The number of ketones is 2. The number of para-hydroxylation sites is 1. The molecule has 8 heteroatoms. The number of thiazole rings is 1. The van der Waals surface area contributed by atoms with Crippen molar-refractivity contribution in [1.82, 2.24) is 24.5 Å². The maximum Gasteiger partial charge on any atom is 0.217 e. The van der Waals surface area contributed by atoms with Crippen molar-refractivity contribution in [2.45, 2.75) is 0 Å². The van der Waals surface area contributed by atoms with Gasteiger partial charge < -0.3 is 0 Å². The van der Waals surface area contributed by atoms with Crippen molar-refractivity contribution in [2.75, 3.05) is 0 Å². The molecule has 0 bridgehead atoms. The minimum absolute atomic E-state index is 0.00400. The fraction of sp³-hybridized carbons (Fsp3) is 0. The van der Waals surface area contributed by atoms with E-state index in [1.807, 2.05) is 65.2 Å². The van der Waals surface area contributed by atoms with Gasteiger partial charge in [-0.1, -0.05) is 59.9 Å². The third-order valence-corrected chi connectivity index (χ3v) is 6.16. The Labute approximate surface area is 185 Å². The summed E-state index contributed by atoms with van der Waals surface area (Å²) in [6.07, 6.45) is 4.32. The topological polar surface area (TPSA) is 90.6 Å². The lowest BCUT2D eigenvalue weighted by molar-refractivity contribution is 0.0988. The van der Waals surface area contributed by atoms with E-state index in [2.05, 4.69) is 9.97 Å². The number of hydrogen-bond donors (Lipinski definition) is 0. The average Bonchev–Trinajstić information content (AvgIpc) is 3.47. The number of carbonyl (C=O) groups excluding carboxylic acids is 2. The molecule has 0 amide bonds. The predicted molar refractivity (Wildman–Crippen MR) is 121 cm³/mol. The van der Waals surface area contributed by atoms with Crippen LogP contribution in [0.15, 0.2) is 78.6 Å². The molecule has 6 rings (SSSR count). The van der Waals surface area contributed by atoms with E-state index in [4.69, 9.17) is 9.97 Å². The molecule has 0 N–H and O–H groups in total. The number of allylic oxidation sites excluding steroid dienone is 1. The zero-order valence-corrected chi connectivity index (χ0v) is 17.3. The molecule has 0 radical (unpaired) electrons. The number of benzene rings is 2. The van der Waals surface area contributed by atoms with Gasteiger partial charge in [-0.3, -0.25) is 14.2 Å². The number of Topliss-reactive ketones (excluding diaryl/α,β-unsaturated/α-hetero) is 2. The van der Waals surface area contributed by atoms with Gasteiger partial charge in [-0.2, -0.15) is 0 Å². The predicted octanol–water partition coefficient (Wildman–Crippen LogP) is 4.40. The number of hydrogen-bond acceptors (Lipinski definition) is 7. The van der Waals surface area contributed by atoms with Crippen molar-refractivity contribution in [3.05, 3.63) is 95.8 Å². The Morgan fingerprint density at radius 3 is 2.06 bits per heavy atom. The smallest absolute Gasteiger partial charge is 0.217 e. The van der Waals surface area contributed by atoms with E-state index in [9.17, 15) is 9.59 Å². The summed E-state index contributed by atoms with van der Waals surface area (Å²) in [6.45, 7) is 0. The first-order valence-corrected chi connectivity index (χ1v) is 10.6. The van der Waals surface area contributed by atoms with Crippen LogP contribution in [0.4, 0.5) is 0 Å². The van der Waals surface area contributed by atoms with Gasteiger partial charge in [0.15, 0.2) is 10.5 Å². The number of imidazole rings is 1. The monoisotopic (exact) mass is 435 g/mol. The SMILES string of the molecule is O=C1C(=Cc2nc3sc(-c4ccccc4)nc3n2-c2ccccc2)C(=O)c2nccnc21. The normalized spacial score (nSPS) is 13.1. The molecule has 7 nitrogen and oxygen atoms in total. The second-order valence-electron chi connectivity index (χ2n) is 7.12. The van der Waals surface area contributed by atoms with Gasteiger partial charge in [0.2, 0.25) is 11.6 Å². The molecule has 32 heavy (non-hydrogen) atoms. The summed E-state index contributed by atoms with van der Waals surface area (Å²) in [5.41, 5.74) is 2.66. The molecule has 0 saturated heterocycles. The Kier molecular flexibility index (Phi) is 4.12. The number of carbonyl (C=O) groups is 2. The van der Waals surface area contributed by atoms with E-state index < -0.39 is 11.6 Å². The molecule has 1 aliphatic rings. The van der Waals surface area contributed by atoms with Gasteiger partial charge in [0.05, 0.1) is 5.57 Å². The fourth-order valence-electron chi connectivity index (χ4n) is 3.71. The summed E-state index contributed by atoms with van der Waals surface area (Å²) in [5, 5.41) is 0.848. The molecule has 152 valence electrons. The molecule has 3 heterocycles. The zero-order chi connectivity index (χ0) is 21.7. The number of aromatic nitrogens is 5. The lowest BCUT2D eigenvalue weighted by Crippen LogP contribution is -2.04. The summed E-state index contributed by atoms with van der Waals surface area (Å²) < 4.78 is 1.86. The van der Waals surface area contributed by atoms with Gasteiger partial charge >= 0.3 is 0 Å². The van der Waals surface area contributed by atoms with E-state index in [1.165, 1.54) is 29.8 Å². The second kappa shape index (κ2) is 7.14. The highest BCUT2D eigenvalue weighted by atomic mass is 32.1. The second-order valence-corrected chi connectivity index (χ2v) is 8.10. The Hall–Kier alpha value is -4.30. The first-order valence-electron chi connectivity index (χ1n) is 9.83. The number of rotatable bonds is 3. The van der Waals surface area contributed by atoms with Gasteiger partial charge in [0, 0.05) is 23.6 Å². The average molecular weight is 435 g/mol. The van der Waals surface area contributed by atoms with Crippen LogP contribution >= 0.6 is 11.3 Å². The summed E-state index contributed by atoms with van der Waals surface area (Å²) in [4.78, 5) is 43.9. The Morgan fingerprint density at radius 1 is 0.781 bits per heavy atom. The summed E-state index contributed by atoms with van der Waals surface area (Å²) >= 11 is 1.46. The molecule has 1 aliphatic carbocycles. The minimum Gasteiger partial charge on any atom is -0.287 e. The van der Waals surface area contributed by atoms with Crippen LogP contribution in [-0.2, 0) is 0 Å². The van der Waals surface area contributed by atoms with Crippen LogP contribution < -0.4 is 0 Å². The summed E-state index contributed by atoms with van der Waals surface area (Å²) in [6, 6.07) is 19.5. The van der Waals surface area contributed by atoms with E-state index in [0.29, 0.717) is 16.3 Å². The van der Waals surface area contributed by atoms with Gasteiger partial charge in [-0.05, 0) is 18.2 Å². The minimum atomic E-state index is -0.443. The lowest BCUT2D eigenvalue weighted by atomic mass is 10.1. The van der Waals surface area contributed by atoms with Crippen molar-refractivity contribution in [3.63, 3.8) is 0 Å². The fourth-order valence-corrected chi connectivity index (χ4v) is 4.64. The standard InChI is InChI=1S/C24H13N5O2S/c30-20-16(21(31)19-18(20)25-11-12-26-19)13-17-27-24-22(29(17)15-9-5-2-6-10-15)28-23(32-24)14-7-3-1-4-8-14/h1-13H. The van der Waals surface area contributed by atoms with E-state index >= 15 is 0 Å². The van der Waals surface area contributed by atoms with Crippen LogP contribution in [0, 0.1) is 0 Å². The Morgan fingerprint density at radius 2 is 1.41 bits per heavy atom. The van der Waals surface area contributed by atoms with Crippen molar-refractivity contribution < 1.29 is 9.59 Å². The van der Waals surface area contributed by atoms with E-state index in [0.717, 1.165) is 16.3 Å². The first-order chi connectivity index (χ1) is 15.7. The van der Waals surface area contributed by atoms with Crippen molar-refractivity contribution in [2.24, 2.45) is 0 Å². The quantitative estimate of drug-likeness (QED) is 0.308. The van der Waals surface area contributed by atoms with Crippen molar-refractivity contribution in [3.8, 4) is 16.3 Å². The third kappa shape index (κ3) is 2.81. The first kappa shape index (κ1) is 18.5. The van der Waals surface area contributed by atoms with Crippen LogP contribution in [0.5, 0.6) is 0 Å². The Balaban J connectivity index is 1.55. The van der Waals surface area contributed by atoms with Crippen LogP contribution in [0.3, 0.4) is 0 Å². The van der Waals surface area contributed by atoms with E-state index in [-0.39, 0.29) is 17.0 Å². The van der Waals surface area contributed by atoms with E-state index in [1.54, 1.807) is 0 Å². The molecule has 0 atom stereocenters. The van der Waals surface area contributed by atoms with Crippen molar-refractivity contribution in [1.29, 1.82) is 0 Å². The molecule has 0 spiro atoms. The maximum absolute atomic E-state index is 12.8. The lowest BCUT2D eigenvalue weighted by Gasteiger charge is -2.06. The summed E-state index contributed by atoms with van der Waals surface area (Å²) in [5.74, 6) is -0.432. The van der Waals surface area contributed by atoms with Gasteiger partial charge in [-0.15, -0.1) is 0 Å². The van der Waals surface area contributed by atoms with Crippen molar-refractivity contribution >= 4 is 39.5 Å². The Bertz CT molecular complexity index is 1510. The molecule has 0 unspecified atom stereocenters. The molecular formula is C24H13N5O2S. The highest BCUT2D eigenvalue weighted by molar-refractivity contribution is 7.21. The highest BCUT2D eigenvalue weighted by Crippen LogP contribution is 2.33. The van der Waals surface area contributed by atoms with Gasteiger partial charge in [0.25, 0.3) is 0 Å². The molecule has 5 aromatic rings. The third-order valence-electron chi connectivity index (χ3n) is 5.18. The zero-order valence-electron chi connectivity index (χ0n) is 16.5. The molecule has 3 aromatic heterocycles. The van der Waals surface area contributed by atoms with Crippen LogP contribution in [0.2, 0.25) is 0 Å². The molecular weight excluding hydrogens is 422 g/mol. The van der Waals surface area contributed by atoms with Gasteiger partial charge in [0.1, 0.15) is 22.2 Å².